The van der Waals surface area contributed by atoms with Gasteiger partial charge in [0.2, 0.25) is 0 Å². The number of hydrogen-bond donors (Lipinski definition) is 1. The largest absolute Gasteiger partial charge is 0.468 e. The molecule has 2 N–H and O–H groups in total. The quantitative estimate of drug-likeness (QED) is 0.867. The summed E-state index contributed by atoms with van der Waals surface area (Å²) in [6, 6.07) is 6.40. The summed E-state index contributed by atoms with van der Waals surface area (Å²) in [7, 11) is 1.37. The molecule has 1 aromatic carbocycles. The molecular formula is C14H18FNO2S. The molecule has 2 unspecified atom stereocenters. The molecule has 5 heteroatoms. The Morgan fingerprint density at radius 3 is 2.79 bits per heavy atom. The Kier molecular flexibility index (Phi) is 4.47. The average Bonchev–Trinajstić information content (AvgIpc) is 2.40. The van der Waals surface area contributed by atoms with Gasteiger partial charge in [-0.1, -0.05) is 0 Å². The molecule has 0 spiro atoms. The van der Waals surface area contributed by atoms with E-state index < -0.39 is 5.54 Å². The minimum atomic E-state index is -0.870. The molecule has 1 aliphatic carbocycles. The van der Waals surface area contributed by atoms with Gasteiger partial charge in [-0.25, -0.2) is 4.39 Å². The Morgan fingerprint density at radius 1 is 1.47 bits per heavy atom. The van der Waals surface area contributed by atoms with Gasteiger partial charge < -0.3 is 10.5 Å². The number of rotatable bonds is 3. The number of halogens is 1. The van der Waals surface area contributed by atoms with Crippen LogP contribution in [0.1, 0.15) is 25.7 Å². The summed E-state index contributed by atoms with van der Waals surface area (Å²) in [5.41, 5.74) is 5.26. The van der Waals surface area contributed by atoms with Crippen molar-refractivity contribution in [3.63, 3.8) is 0 Å². The van der Waals surface area contributed by atoms with Crippen LogP contribution in [-0.4, -0.2) is 23.9 Å². The van der Waals surface area contributed by atoms with Crippen molar-refractivity contribution < 1.29 is 13.9 Å². The Morgan fingerprint density at radius 2 is 2.16 bits per heavy atom. The van der Waals surface area contributed by atoms with Gasteiger partial charge in [-0.15, -0.1) is 11.8 Å². The number of hydrogen-bond acceptors (Lipinski definition) is 4. The van der Waals surface area contributed by atoms with Gasteiger partial charge in [0.05, 0.1) is 7.11 Å². The third kappa shape index (κ3) is 3.48. The van der Waals surface area contributed by atoms with E-state index in [1.807, 2.05) is 0 Å². The van der Waals surface area contributed by atoms with E-state index in [-0.39, 0.29) is 17.0 Å². The van der Waals surface area contributed by atoms with Crippen molar-refractivity contribution in [3.05, 3.63) is 30.1 Å². The number of benzene rings is 1. The molecule has 0 aromatic heterocycles. The van der Waals surface area contributed by atoms with Gasteiger partial charge in [0.1, 0.15) is 11.4 Å². The van der Waals surface area contributed by atoms with E-state index in [4.69, 9.17) is 10.5 Å². The Bertz CT molecular complexity index is 451. The fourth-order valence-electron chi connectivity index (χ4n) is 2.45. The maximum absolute atomic E-state index is 12.8. The number of nitrogens with two attached hydrogens (primary N) is 1. The van der Waals surface area contributed by atoms with Gasteiger partial charge >= 0.3 is 5.97 Å². The van der Waals surface area contributed by atoms with Crippen LogP contribution >= 0.6 is 11.8 Å². The first-order valence-electron chi connectivity index (χ1n) is 6.33. The topological polar surface area (TPSA) is 52.3 Å². The highest BCUT2D eigenvalue weighted by Gasteiger charge is 2.40. The summed E-state index contributed by atoms with van der Waals surface area (Å²) in [5, 5.41) is 0.267. The van der Waals surface area contributed by atoms with Crippen LogP contribution in [0.25, 0.3) is 0 Å². The van der Waals surface area contributed by atoms with Crippen molar-refractivity contribution in [1.82, 2.24) is 0 Å². The van der Waals surface area contributed by atoms with Gasteiger partial charge in [-0.05, 0) is 49.9 Å². The molecule has 19 heavy (non-hydrogen) atoms. The van der Waals surface area contributed by atoms with Crippen LogP contribution in [-0.2, 0) is 9.53 Å². The molecule has 1 saturated carbocycles. The SMILES string of the molecule is COC(=O)C1(N)CCCC(Sc2ccc(F)cc2)C1. The predicted molar refractivity (Wildman–Crippen MR) is 73.4 cm³/mol. The van der Waals surface area contributed by atoms with Gasteiger partial charge in [-0.2, -0.15) is 0 Å². The zero-order chi connectivity index (χ0) is 13.9. The molecule has 3 nitrogen and oxygen atoms in total. The summed E-state index contributed by atoms with van der Waals surface area (Å²) in [5.74, 6) is -0.576. The smallest absolute Gasteiger partial charge is 0.325 e. The molecule has 2 rings (SSSR count). The van der Waals surface area contributed by atoms with Crippen molar-refractivity contribution in [2.24, 2.45) is 5.73 Å². The van der Waals surface area contributed by atoms with Crippen LogP contribution < -0.4 is 5.73 Å². The maximum Gasteiger partial charge on any atom is 0.325 e. The highest BCUT2D eigenvalue weighted by molar-refractivity contribution is 8.00. The molecule has 2 atom stereocenters. The van der Waals surface area contributed by atoms with Gasteiger partial charge in [-0.3, -0.25) is 4.79 Å². The lowest BCUT2D eigenvalue weighted by molar-refractivity contribution is -0.148. The zero-order valence-corrected chi connectivity index (χ0v) is 11.7. The van der Waals surface area contributed by atoms with Crippen molar-refractivity contribution in [2.75, 3.05) is 7.11 Å². The standard InChI is InChI=1S/C14H18FNO2S/c1-18-13(17)14(16)8-2-3-12(9-14)19-11-6-4-10(15)5-7-11/h4-7,12H,2-3,8-9,16H2,1H3. The average molecular weight is 283 g/mol. The number of thioether (sulfide) groups is 1. The fourth-order valence-corrected chi connectivity index (χ4v) is 3.79. The number of carbonyl (C=O) groups excluding carboxylic acids is 1. The highest BCUT2D eigenvalue weighted by atomic mass is 32.2. The Hall–Kier alpha value is -1.07. The van der Waals surface area contributed by atoms with E-state index in [0.717, 1.165) is 17.7 Å². The lowest BCUT2D eigenvalue weighted by atomic mass is 9.82. The molecule has 1 fully saturated rings. The molecule has 0 radical (unpaired) electrons. The zero-order valence-electron chi connectivity index (χ0n) is 10.9. The lowest BCUT2D eigenvalue weighted by Gasteiger charge is -2.35. The molecule has 0 bridgehead atoms. The first-order chi connectivity index (χ1) is 9.03. The summed E-state index contributed by atoms with van der Waals surface area (Å²) in [6.07, 6.45) is 3.18. The van der Waals surface area contributed by atoms with Crippen LogP contribution in [0.15, 0.2) is 29.2 Å². The molecule has 104 valence electrons. The fraction of sp³-hybridized carbons (Fsp3) is 0.500. The minimum Gasteiger partial charge on any atom is -0.468 e. The second-order valence-corrected chi connectivity index (χ2v) is 6.31. The van der Waals surface area contributed by atoms with Crippen LogP contribution in [0.4, 0.5) is 4.39 Å². The molecule has 1 aromatic rings. The molecule has 0 aliphatic heterocycles. The van der Waals surface area contributed by atoms with E-state index in [1.54, 1.807) is 23.9 Å². The number of esters is 1. The summed E-state index contributed by atoms with van der Waals surface area (Å²) >= 11 is 1.65. The first kappa shape index (κ1) is 14.3. The second kappa shape index (κ2) is 5.92. The monoisotopic (exact) mass is 283 g/mol. The third-order valence-corrected chi connectivity index (χ3v) is 4.73. The third-order valence-electron chi connectivity index (χ3n) is 3.45. The predicted octanol–water partition coefficient (Wildman–Crippen LogP) is 2.73. The highest BCUT2D eigenvalue weighted by Crippen LogP contribution is 2.37. The van der Waals surface area contributed by atoms with E-state index >= 15 is 0 Å². The normalized spacial score (nSPS) is 27.0. The summed E-state index contributed by atoms with van der Waals surface area (Å²) < 4.78 is 17.6. The lowest BCUT2D eigenvalue weighted by Crippen LogP contribution is -2.52. The Balaban J connectivity index is 2.01. The number of carbonyl (C=O) groups is 1. The van der Waals surface area contributed by atoms with Gasteiger partial charge in [0.15, 0.2) is 0 Å². The van der Waals surface area contributed by atoms with E-state index in [9.17, 15) is 9.18 Å². The van der Waals surface area contributed by atoms with Crippen molar-refractivity contribution >= 4 is 17.7 Å². The van der Waals surface area contributed by atoms with E-state index in [2.05, 4.69) is 0 Å². The van der Waals surface area contributed by atoms with E-state index in [0.29, 0.717) is 12.8 Å². The minimum absolute atomic E-state index is 0.240. The molecular weight excluding hydrogens is 265 g/mol. The summed E-state index contributed by atoms with van der Waals surface area (Å²) in [6.45, 7) is 0. The molecule has 0 heterocycles. The number of ether oxygens (including phenoxy) is 1. The van der Waals surface area contributed by atoms with Crippen LogP contribution in [0.5, 0.6) is 0 Å². The van der Waals surface area contributed by atoms with Crippen molar-refractivity contribution in [2.45, 2.75) is 41.4 Å². The van der Waals surface area contributed by atoms with Crippen molar-refractivity contribution in [1.29, 1.82) is 0 Å². The van der Waals surface area contributed by atoms with Crippen molar-refractivity contribution in [3.8, 4) is 0 Å². The molecule has 1 aliphatic rings. The van der Waals surface area contributed by atoms with Crippen LogP contribution in [0, 0.1) is 5.82 Å². The van der Waals surface area contributed by atoms with Gasteiger partial charge in [0, 0.05) is 10.1 Å². The first-order valence-corrected chi connectivity index (χ1v) is 7.21. The maximum atomic E-state index is 12.8. The number of methoxy groups -OCH3 is 1. The van der Waals surface area contributed by atoms with Crippen LogP contribution in [0.2, 0.25) is 0 Å². The van der Waals surface area contributed by atoms with Crippen LogP contribution in [0.3, 0.4) is 0 Å². The Labute approximate surface area is 116 Å². The molecule has 0 saturated heterocycles. The molecule has 0 amide bonds. The van der Waals surface area contributed by atoms with Gasteiger partial charge in [0.25, 0.3) is 0 Å². The second-order valence-electron chi connectivity index (χ2n) is 4.94. The van der Waals surface area contributed by atoms with E-state index in [1.165, 1.54) is 19.2 Å². The summed E-state index contributed by atoms with van der Waals surface area (Å²) in [4.78, 5) is 12.7.